The number of hydrogen-bond donors (Lipinski definition) is 0. The van der Waals surface area contributed by atoms with Gasteiger partial charge in [0.1, 0.15) is 17.9 Å². The summed E-state index contributed by atoms with van der Waals surface area (Å²) < 4.78 is 16.1. The normalized spacial score (nSPS) is 14.3. The zero-order chi connectivity index (χ0) is 16.8. The lowest BCUT2D eigenvalue weighted by Crippen LogP contribution is -2.36. The van der Waals surface area contributed by atoms with E-state index in [-0.39, 0.29) is 0 Å². The maximum atomic E-state index is 12.1. The van der Waals surface area contributed by atoms with Gasteiger partial charge in [0.25, 0.3) is 0 Å². The molecule has 0 saturated carbocycles. The van der Waals surface area contributed by atoms with Crippen LogP contribution in [-0.4, -0.2) is 39.4 Å². The van der Waals surface area contributed by atoms with Crippen LogP contribution in [0.5, 0.6) is 5.75 Å². The third-order valence-electron chi connectivity index (χ3n) is 3.98. The number of rotatable bonds is 5. The van der Waals surface area contributed by atoms with E-state index in [0.29, 0.717) is 31.1 Å². The minimum Gasteiger partial charge on any atom is -0.488 e. The lowest BCUT2D eigenvalue weighted by atomic mass is 10.1. The minimum atomic E-state index is -0.395. The second-order valence-electron chi connectivity index (χ2n) is 5.55. The Hall–Kier alpha value is -2.53. The predicted octanol–water partition coefficient (Wildman–Crippen LogP) is 2.89. The van der Waals surface area contributed by atoms with Gasteiger partial charge in [-0.25, -0.2) is 4.79 Å². The summed E-state index contributed by atoms with van der Waals surface area (Å²) in [6.07, 6.45) is 0. The second-order valence-corrected chi connectivity index (χ2v) is 5.55. The standard InChI is InChI=1S/C19H21NO4/c1-22-19(21)17-13-16(20-9-11-23-12-10-20)7-8-18(17)24-14-15-5-3-2-4-6-15/h2-8,13H,9-12,14H2,1H3. The van der Waals surface area contributed by atoms with Gasteiger partial charge in [0.15, 0.2) is 0 Å². The molecule has 2 aromatic rings. The van der Waals surface area contributed by atoms with Gasteiger partial charge in [-0.2, -0.15) is 0 Å². The van der Waals surface area contributed by atoms with Crippen LogP contribution >= 0.6 is 0 Å². The zero-order valence-electron chi connectivity index (χ0n) is 13.7. The number of anilines is 1. The number of ether oxygens (including phenoxy) is 3. The van der Waals surface area contributed by atoms with Crippen LogP contribution < -0.4 is 9.64 Å². The number of hydrogen-bond acceptors (Lipinski definition) is 5. The molecule has 1 aliphatic rings. The first kappa shape index (κ1) is 16.3. The monoisotopic (exact) mass is 327 g/mol. The van der Waals surface area contributed by atoms with Crippen molar-refractivity contribution in [2.75, 3.05) is 38.3 Å². The van der Waals surface area contributed by atoms with Crippen LogP contribution in [0.3, 0.4) is 0 Å². The Labute approximate surface area is 141 Å². The molecule has 0 unspecified atom stereocenters. The van der Waals surface area contributed by atoms with E-state index in [1.165, 1.54) is 7.11 Å². The van der Waals surface area contributed by atoms with E-state index in [1.54, 1.807) is 0 Å². The molecule has 0 N–H and O–H groups in total. The summed E-state index contributed by atoms with van der Waals surface area (Å²) >= 11 is 0. The van der Waals surface area contributed by atoms with Crippen molar-refractivity contribution >= 4 is 11.7 Å². The number of carbonyl (C=O) groups excluding carboxylic acids is 1. The van der Waals surface area contributed by atoms with Crippen LogP contribution in [0.15, 0.2) is 48.5 Å². The fourth-order valence-electron chi connectivity index (χ4n) is 2.67. The summed E-state index contributed by atoms with van der Waals surface area (Å²) in [6.45, 7) is 3.41. The highest BCUT2D eigenvalue weighted by Crippen LogP contribution is 2.27. The fraction of sp³-hybridized carbons (Fsp3) is 0.316. The van der Waals surface area contributed by atoms with Crippen LogP contribution in [0.1, 0.15) is 15.9 Å². The molecule has 2 aromatic carbocycles. The molecule has 3 rings (SSSR count). The van der Waals surface area contributed by atoms with Gasteiger partial charge in [0.05, 0.1) is 20.3 Å². The number of nitrogens with zero attached hydrogens (tertiary/aromatic N) is 1. The molecule has 24 heavy (non-hydrogen) atoms. The van der Waals surface area contributed by atoms with Crippen molar-refractivity contribution in [1.29, 1.82) is 0 Å². The SMILES string of the molecule is COC(=O)c1cc(N2CCOCC2)ccc1OCc1ccccc1. The van der Waals surface area contributed by atoms with Gasteiger partial charge < -0.3 is 19.1 Å². The molecule has 5 nitrogen and oxygen atoms in total. The van der Waals surface area contributed by atoms with Gasteiger partial charge in [-0.05, 0) is 23.8 Å². The molecule has 126 valence electrons. The number of benzene rings is 2. The lowest BCUT2D eigenvalue weighted by molar-refractivity contribution is 0.0595. The molecule has 1 heterocycles. The van der Waals surface area contributed by atoms with Gasteiger partial charge in [0.2, 0.25) is 0 Å². The lowest BCUT2D eigenvalue weighted by Gasteiger charge is -2.29. The molecule has 0 amide bonds. The molecule has 0 atom stereocenters. The molecule has 1 fully saturated rings. The Kier molecular flexibility index (Phi) is 5.33. The second kappa shape index (κ2) is 7.84. The molecule has 0 aromatic heterocycles. The minimum absolute atomic E-state index is 0.395. The first-order valence-corrected chi connectivity index (χ1v) is 7.99. The Morgan fingerprint density at radius 2 is 1.88 bits per heavy atom. The smallest absolute Gasteiger partial charge is 0.341 e. The van der Waals surface area contributed by atoms with E-state index in [0.717, 1.165) is 24.3 Å². The zero-order valence-corrected chi connectivity index (χ0v) is 13.7. The van der Waals surface area contributed by atoms with Crippen LogP contribution in [0.25, 0.3) is 0 Å². The van der Waals surface area contributed by atoms with Crippen molar-refractivity contribution in [3.63, 3.8) is 0 Å². The average Bonchev–Trinajstić information content (AvgIpc) is 2.67. The fourth-order valence-corrected chi connectivity index (χ4v) is 2.67. The van der Waals surface area contributed by atoms with Crippen LogP contribution in [0, 0.1) is 0 Å². The van der Waals surface area contributed by atoms with Crippen molar-refractivity contribution in [2.24, 2.45) is 0 Å². The molecule has 1 saturated heterocycles. The number of carbonyl (C=O) groups is 1. The predicted molar refractivity (Wildman–Crippen MR) is 91.6 cm³/mol. The first-order valence-electron chi connectivity index (χ1n) is 7.99. The van der Waals surface area contributed by atoms with Gasteiger partial charge in [-0.1, -0.05) is 30.3 Å². The van der Waals surface area contributed by atoms with Gasteiger partial charge in [0, 0.05) is 18.8 Å². The number of methoxy groups -OCH3 is 1. The summed E-state index contributed by atoms with van der Waals surface area (Å²) in [5.41, 5.74) is 2.47. The van der Waals surface area contributed by atoms with Crippen LogP contribution in [-0.2, 0) is 16.1 Å². The van der Waals surface area contributed by atoms with E-state index in [4.69, 9.17) is 14.2 Å². The summed E-state index contributed by atoms with van der Waals surface area (Å²) in [7, 11) is 1.38. The third-order valence-corrected chi connectivity index (χ3v) is 3.98. The Bertz CT molecular complexity index is 681. The number of morpholine rings is 1. The van der Waals surface area contributed by atoms with E-state index < -0.39 is 5.97 Å². The largest absolute Gasteiger partial charge is 0.488 e. The van der Waals surface area contributed by atoms with Crippen molar-refractivity contribution in [1.82, 2.24) is 0 Å². The summed E-state index contributed by atoms with van der Waals surface area (Å²) in [5.74, 6) is 0.135. The molecule has 0 bridgehead atoms. The van der Waals surface area contributed by atoms with Crippen LogP contribution in [0.2, 0.25) is 0 Å². The van der Waals surface area contributed by atoms with Gasteiger partial charge >= 0.3 is 5.97 Å². The molecule has 5 heteroatoms. The first-order chi connectivity index (χ1) is 11.8. The van der Waals surface area contributed by atoms with E-state index >= 15 is 0 Å². The summed E-state index contributed by atoms with van der Waals surface area (Å²) in [5, 5.41) is 0. The molecule has 0 radical (unpaired) electrons. The van der Waals surface area contributed by atoms with Crippen molar-refractivity contribution in [2.45, 2.75) is 6.61 Å². The molecular formula is C19H21NO4. The van der Waals surface area contributed by atoms with Gasteiger partial charge in [-0.3, -0.25) is 0 Å². The highest BCUT2D eigenvalue weighted by atomic mass is 16.5. The molecule has 0 aliphatic carbocycles. The topological polar surface area (TPSA) is 48.0 Å². The summed E-state index contributed by atoms with van der Waals surface area (Å²) in [4.78, 5) is 14.3. The molecular weight excluding hydrogens is 306 g/mol. The summed E-state index contributed by atoms with van der Waals surface area (Å²) in [6, 6.07) is 15.5. The molecule has 0 spiro atoms. The molecule has 1 aliphatic heterocycles. The van der Waals surface area contributed by atoms with E-state index in [1.807, 2.05) is 48.5 Å². The quantitative estimate of drug-likeness (QED) is 0.790. The number of esters is 1. The van der Waals surface area contributed by atoms with Crippen molar-refractivity contribution in [3.05, 3.63) is 59.7 Å². The maximum absolute atomic E-state index is 12.1. The van der Waals surface area contributed by atoms with Gasteiger partial charge in [-0.15, -0.1) is 0 Å². The third kappa shape index (κ3) is 3.86. The Morgan fingerprint density at radius 1 is 1.12 bits per heavy atom. The highest BCUT2D eigenvalue weighted by Gasteiger charge is 2.18. The van der Waals surface area contributed by atoms with Crippen LogP contribution in [0.4, 0.5) is 5.69 Å². The Balaban J connectivity index is 1.80. The van der Waals surface area contributed by atoms with Crippen molar-refractivity contribution in [3.8, 4) is 5.75 Å². The van der Waals surface area contributed by atoms with E-state index in [9.17, 15) is 4.79 Å². The van der Waals surface area contributed by atoms with Crippen molar-refractivity contribution < 1.29 is 19.0 Å². The average molecular weight is 327 g/mol. The Morgan fingerprint density at radius 3 is 2.58 bits per heavy atom. The maximum Gasteiger partial charge on any atom is 0.341 e. The van der Waals surface area contributed by atoms with E-state index in [2.05, 4.69) is 4.90 Å². The highest BCUT2D eigenvalue weighted by molar-refractivity contribution is 5.93.